The zero-order valence-electron chi connectivity index (χ0n) is 8.78. The summed E-state index contributed by atoms with van der Waals surface area (Å²) in [7, 11) is 0. The van der Waals surface area contributed by atoms with E-state index >= 15 is 0 Å². The van der Waals surface area contributed by atoms with Gasteiger partial charge >= 0.3 is 5.97 Å². The molecule has 0 atom stereocenters. The SMILES string of the molecule is Nc1ccc(C(=O)OCCCCO)cc1F. The van der Waals surface area contributed by atoms with E-state index in [0.29, 0.717) is 12.8 Å². The molecule has 0 unspecified atom stereocenters. The van der Waals surface area contributed by atoms with Crippen LogP contribution in [0.15, 0.2) is 18.2 Å². The number of esters is 1. The summed E-state index contributed by atoms with van der Waals surface area (Å²) in [6.07, 6.45) is 1.16. The maximum Gasteiger partial charge on any atom is 0.338 e. The third-order valence-corrected chi connectivity index (χ3v) is 2.02. The number of anilines is 1. The number of unbranched alkanes of at least 4 members (excludes halogenated alkanes) is 1. The molecule has 0 bridgehead atoms. The number of carbonyl (C=O) groups excluding carboxylic acids is 1. The summed E-state index contributed by atoms with van der Waals surface area (Å²) in [5.74, 6) is -1.22. The summed E-state index contributed by atoms with van der Waals surface area (Å²) >= 11 is 0. The number of hydrogen-bond donors (Lipinski definition) is 2. The summed E-state index contributed by atoms with van der Waals surface area (Å²) in [4.78, 5) is 11.4. The average Bonchev–Trinajstić information content (AvgIpc) is 2.28. The normalized spacial score (nSPS) is 10.1. The Labute approximate surface area is 92.8 Å². The van der Waals surface area contributed by atoms with Gasteiger partial charge in [-0.05, 0) is 31.0 Å². The lowest BCUT2D eigenvalue weighted by Crippen LogP contribution is -2.07. The standard InChI is InChI=1S/C11H14FNO3/c12-9-7-8(3-4-10(9)13)11(15)16-6-2-1-5-14/h3-4,7,14H,1-2,5-6,13H2. The van der Waals surface area contributed by atoms with Crippen molar-refractivity contribution in [3.63, 3.8) is 0 Å². The molecule has 0 heterocycles. The Bertz CT molecular complexity index is 368. The minimum absolute atomic E-state index is 0.00293. The first-order valence-electron chi connectivity index (χ1n) is 4.98. The van der Waals surface area contributed by atoms with Crippen molar-refractivity contribution in [1.82, 2.24) is 0 Å². The van der Waals surface area contributed by atoms with Crippen LogP contribution in [0.2, 0.25) is 0 Å². The van der Waals surface area contributed by atoms with Gasteiger partial charge in [-0.3, -0.25) is 0 Å². The van der Waals surface area contributed by atoms with E-state index in [2.05, 4.69) is 0 Å². The van der Waals surface area contributed by atoms with Crippen LogP contribution in [0.1, 0.15) is 23.2 Å². The molecule has 0 radical (unpaired) electrons. The second-order valence-electron chi connectivity index (χ2n) is 3.30. The highest BCUT2D eigenvalue weighted by Crippen LogP contribution is 2.12. The summed E-state index contributed by atoms with van der Waals surface area (Å²) in [5, 5.41) is 8.51. The molecule has 1 aromatic rings. The molecule has 0 amide bonds. The number of ether oxygens (including phenoxy) is 1. The summed E-state index contributed by atoms with van der Waals surface area (Å²) in [6, 6.07) is 3.77. The van der Waals surface area contributed by atoms with Gasteiger partial charge in [0.15, 0.2) is 0 Å². The van der Waals surface area contributed by atoms with Gasteiger partial charge in [-0.15, -0.1) is 0 Å². The molecule has 0 aromatic heterocycles. The van der Waals surface area contributed by atoms with Gasteiger partial charge in [0.1, 0.15) is 5.82 Å². The molecular formula is C11H14FNO3. The minimum Gasteiger partial charge on any atom is -0.462 e. The highest BCUT2D eigenvalue weighted by atomic mass is 19.1. The Morgan fingerprint density at radius 2 is 2.19 bits per heavy atom. The molecule has 1 rings (SSSR count). The quantitative estimate of drug-likeness (QED) is 0.452. The molecule has 4 nitrogen and oxygen atoms in total. The Morgan fingerprint density at radius 3 is 2.81 bits per heavy atom. The molecule has 1 aromatic carbocycles. The molecular weight excluding hydrogens is 213 g/mol. The van der Waals surface area contributed by atoms with E-state index in [1.807, 2.05) is 0 Å². The topological polar surface area (TPSA) is 72.6 Å². The monoisotopic (exact) mass is 227 g/mol. The Hall–Kier alpha value is -1.62. The number of aliphatic hydroxyl groups is 1. The third-order valence-electron chi connectivity index (χ3n) is 2.02. The molecule has 88 valence electrons. The van der Waals surface area contributed by atoms with Crippen molar-refractivity contribution in [2.24, 2.45) is 0 Å². The smallest absolute Gasteiger partial charge is 0.338 e. The van der Waals surface area contributed by atoms with Crippen LogP contribution in [0.25, 0.3) is 0 Å². The van der Waals surface area contributed by atoms with Gasteiger partial charge in [-0.2, -0.15) is 0 Å². The molecule has 3 N–H and O–H groups in total. The van der Waals surface area contributed by atoms with Crippen molar-refractivity contribution in [2.75, 3.05) is 18.9 Å². The molecule has 5 heteroatoms. The minimum atomic E-state index is -0.634. The molecule has 0 fully saturated rings. The molecule has 0 aliphatic rings. The van der Waals surface area contributed by atoms with E-state index < -0.39 is 11.8 Å². The number of nitrogens with two attached hydrogens (primary N) is 1. The number of nitrogen functional groups attached to an aromatic ring is 1. The molecule has 0 saturated carbocycles. The van der Waals surface area contributed by atoms with E-state index in [1.54, 1.807) is 0 Å². The molecule has 0 aliphatic carbocycles. The lowest BCUT2D eigenvalue weighted by Gasteiger charge is -2.04. The number of carbonyl (C=O) groups is 1. The van der Waals surface area contributed by atoms with Crippen LogP contribution in [-0.2, 0) is 4.74 Å². The highest BCUT2D eigenvalue weighted by Gasteiger charge is 2.09. The average molecular weight is 227 g/mol. The van der Waals surface area contributed by atoms with Crippen LogP contribution in [-0.4, -0.2) is 24.3 Å². The number of hydrogen-bond acceptors (Lipinski definition) is 4. The van der Waals surface area contributed by atoms with Crippen molar-refractivity contribution < 1.29 is 19.0 Å². The lowest BCUT2D eigenvalue weighted by molar-refractivity contribution is 0.0492. The van der Waals surface area contributed by atoms with Crippen molar-refractivity contribution in [3.05, 3.63) is 29.6 Å². The Kier molecular flexibility index (Phi) is 4.72. The van der Waals surface area contributed by atoms with Crippen molar-refractivity contribution >= 4 is 11.7 Å². The highest BCUT2D eigenvalue weighted by molar-refractivity contribution is 5.89. The maximum atomic E-state index is 13.0. The van der Waals surface area contributed by atoms with Gasteiger partial charge in [0.2, 0.25) is 0 Å². The third kappa shape index (κ3) is 3.51. The van der Waals surface area contributed by atoms with E-state index in [9.17, 15) is 9.18 Å². The van der Waals surface area contributed by atoms with Gasteiger partial charge in [0, 0.05) is 6.61 Å². The van der Waals surface area contributed by atoms with E-state index in [0.717, 1.165) is 6.07 Å². The van der Waals surface area contributed by atoms with E-state index in [4.69, 9.17) is 15.6 Å². The van der Waals surface area contributed by atoms with Crippen LogP contribution in [0.5, 0.6) is 0 Å². The molecule has 0 spiro atoms. The number of halogens is 1. The summed E-state index contributed by atoms with van der Waals surface area (Å²) < 4.78 is 17.9. The number of benzene rings is 1. The maximum absolute atomic E-state index is 13.0. The van der Waals surface area contributed by atoms with Gasteiger partial charge in [-0.1, -0.05) is 0 Å². The summed E-state index contributed by atoms with van der Waals surface area (Å²) in [6.45, 7) is 0.277. The van der Waals surface area contributed by atoms with Crippen LogP contribution in [0.4, 0.5) is 10.1 Å². The van der Waals surface area contributed by atoms with Gasteiger partial charge in [-0.25, -0.2) is 9.18 Å². The second-order valence-corrected chi connectivity index (χ2v) is 3.30. The second kappa shape index (κ2) is 6.07. The molecule has 0 aliphatic heterocycles. The van der Waals surface area contributed by atoms with Crippen molar-refractivity contribution in [3.8, 4) is 0 Å². The van der Waals surface area contributed by atoms with Crippen molar-refractivity contribution in [2.45, 2.75) is 12.8 Å². The van der Waals surface area contributed by atoms with Crippen LogP contribution in [0.3, 0.4) is 0 Å². The van der Waals surface area contributed by atoms with Gasteiger partial charge in [0.25, 0.3) is 0 Å². The largest absolute Gasteiger partial charge is 0.462 e. The molecule has 16 heavy (non-hydrogen) atoms. The zero-order chi connectivity index (χ0) is 12.0. The first kappa shape index (κ1) is 12.4. The fourth-order valence-corrected chi connectivity index (χ4v) is 1.12. The Morgan fingerprint density at radius 1 is 1.44 bits per heavy atom. The number of aliphatic hydroxyl groups excluding tert-OH is 1. The van der Waals surface area contributed by atoms with Gasteiger partial charge in [0.05, 0.1) is 17.9 Å². The fourth-order valence-electron chi connectivity index (χ4n) is 1.12. The predicted octanol–water partition coefficient (Wildman–Crippen LogP) is 1.34. The van der Waals surface area contributed by atoms with Crippen LogP contribution < -0.4 is 5.73 Å². The van der Waals surface area contributed by atoms with E-state index in [1.165, 1.54) is 12.1 Å². The fraction of sp³-hybridized carbons (Fsp3) is 0.364. The van der Waals surface area contributed by atoms with Crippen LogP contribution >= 0.6 is 0 Å². The Balaban J connectivity index is 2.50. The van der Waals surface area contributed by atoms with Crippen LogP contribution in [0, 0.1) is 5.82 Å². The lowest BCUT2D eigenvalue weighted by atomic mass is 10.2. The first-order valence-corrected chi connectivity index (χ1v) is 4.98. The van der Waals surface area contributed by atoms with Gasteiger partial charge < -0.3 is 15.6 Å². The predicted molar refractivity (Wildman–Crippen MR) is 57.4 cm³/mol. The van der Waals surface area contributed by atoms with E-state index in [-0.39, 0.29) is 24.5 Å². The zero-order valence-corrected chi connectivity index (χ0v) is 8.78. The first-order chi connectivity index (χ1) is 7.65. The van der Waals surface area contributed by atoms with Crippen molar-refractivity contribution in [1.29, 1.82) is 0 Å². The molecule has 0 saturated heterocycles. The number of rotatable bonds is 5. The summed E-state index contributed by atoms with van der Waals surface area (Å²) in [5.41, 5.74) is 5.41.